The maximum atomic E-state index is 12.7. The van der Waals surface area contributed by atoms with Crippen molar-refractivity contribution in [1.29, 1.82) is 0 Å². The Morgan fingerprint density at radius 1 is 1.17 bits per heavy atom. The highest BCUT2D eigenvalue weighted by atomic mass is 32.2. The first-order valence-electron chi connectivity index (χ1n) is 9.13. The number of hydrogen-bond donors (Lipinski definition) is 0. The first kappa shape index (κ1) is 21.4. The van der Waals surface area contributed by atoms with E-state index in [4.69, 9.17) is 9.26 Å². The normalized spacial score (nSPS) is 11.6. The highest BCUT2D eigenvalue weighted by molar-refractivity contribution is 7.89. The van der Waals surface area contributed by atoms with Crippen molar-refractivity contribution in [2.45, 2.75) is 25.7 Å². The molecule has 0 radical (unpaired) electrons. The van der Waals surface area contributed by atoms with Crippen molar-refractivity contribution in [3.8, 4) is 22.9 Å². The molecule has 30 heavy (non-hydrogen) atoms. The number of benzene rings is 2. The van der Waals surface area contributed by atoms with Gasteiger partial charge in [-0.1, -0.05) is 31.1 Å². The molecule has 0 saturated heterocycles. The van der Waals surface area contributed by atoms with Gasteiger partial charge in [-0.3, -0.25) is 10.1 Å². The fourth-order valence-corrected chi connectivity index (χ4v) is 4.32. The Morgan fingerprint density at radius 3 is 2.50 bits per heavy atom. The summed E-state index contributed by atoms with van der Waals surface area (Å²) in [7, 11) is -3.84. The van der Waals surface area contributed by atoms with Crippen LogP contribution in [0.3, 0.4) is 0 Å². The summed E-state index contributed by atoms with van der Waals surface area (Å²) in [5.74, 6) is 0.974. The standard InChI is InChI=1S/C19H20N4O6S/c1-4-22(5-2)30(26,27)16-9-10-18(17(12-16)23(24)25)28-15-8-6-7-14(11-15)19-20-13(3)29-21-19/h6-12H,4-5H2,1-3H3. The average molecular weight is 432 g/mol. The Balaban J connectivity index is 1.96. The number of ether oxygens (including phenoxy) is 1. The molecular formula is C19H20N4O6S. The SMILES string of the molecule is CCN(CC)S(=O)(=O)c1ccc(Oc2cccc(-c3noc(C)n3)c2)c([N+](=O)[O-])c1. The number of rotatable bonds is 8. The molecule has 0 unspecified atom stereocenters. The lowest BCUT2D eigenvalue weighted by Crippen LogP contribution is -2.30. The summed E-state index contributed by atoms with van der Waals surface area (Å²) in [5.41, 5.74) is 0.150. The topological polar surface area (TPSA) is 129 Å². The zero-order valence-corrected chi connectivity index (χ0v) is 17.4. The van der Waals surface area contributed by atoms with Gasteiger partial charge in [0, 0.05) is 31.6 Å². The van der Waals surface area contributed by atoms with E-state index in [-0.39, 0.29) is 23.7 Å². The van der Waals surface area contributed by atoms with Crippen molar-refractivity contribution in [2.75, 3.05) is 13.1 Å². The van der Waals surface area contributed by atoms with Gasteiger partial charge in [-0.15, -0.1) is 0 Å². The van der Waals surface area contributed by atoms with Crippen molar-refractivity contribution < 1.29 is 22.6 Å². The van der Waals surface area contributed by atoms with Crippen LogP contribution in [-0.2, 0) is 10.0 Å². The van der Waals surface area contributed by atoms with Crippen LogP contribution >= 0.6 is 0 Å². The molecule has 0 aliphatic carbocycles. The van der Waals surface area contributed by atoms with Crippen molar-refractivity contribution in [3.63, 3.8) is 0 Å². The van der Waals surface area contributed by atoms with Crippen molar-refractivity contribution in [3.05, 3.63) is 58.5 Å². The second-order valence-corrected chi connectivity index (χ2v) is 8.18. The zero-order chi connectivity index (χ0) is 21.9. The number of nitro groups is 1. The Morgan fingerprint density at radius 2 is 1.90 bits per heavy atom. The van der Waals surface area contributed by atoms with Gasteiger partial charge in [-0.2, -0.15) is 9.29 Å². The highest BCUT2D eigenvalue weighted by Crippen LogP contribution is 2.35. The fraction of sp³-hybridized carbons (Fsp3) is 0.263. The Hall–Kier alpha value is -3.31. The van der Waals surface area contributed by atoms with Crippen LogP contribution in [0.25, 0.3) is 11.4 Å². The molecule has 1 heterocycles. The predicted octanol–water partition coefficient (Wildman–Crippen LogP) is 3.78. The summed E-state index contributed by atoms with van der Waals surface area (Å²) >= 11 is 0. The van der Waals surface area contributed by atoms with Gasteiger partial charge in [-0.05, 0) is 24.3 Å². The van der Waals surface area contributed by atoms with Crippen molar-refractivity contribution >= 4 is 15.7 Å². The number of nitro benzene ring substituents is 1. The monoisotopic (exact) mass is 432 g/mol. The summed E-state index contributed by atoms with van der Waals surface area (Å²) in [6, 6.07) is 10.2. The van der Waals surface area contributed by atoms with Crippen LogP contribution in [0.2, 0.25) is 0 Å². The van der Waals surface area contributed by atoms with Gasteiger partial charge >= 0.3 is 5.69 Å². The largest absolute Gasteiger partial charge is 0.450 e. The Kier molecular flexibility index (Phi) is 6.13. The maximum Gasteiger partial charge on any atom is 0.312 e. The van der Waals surface area contributed by atoms with Gasteiger partial charge < -0.3 is 9.26 Å². The molecule has 10 nitrogen and oxygen atoms in total. The summed E-state index contributed by atoms with van der Waals surface area (Å²) in [6.45, 7) is 5.57. The quantitative estimate of drug-likeness (QED) is 0.388. The lowest BCUT2D eigenvalue weighted by molar-refractivity contribution is -0.385. The van der Waals surface area contributed by atoms with Crippen molar-refractivity contribution in [1.82, 2.24) is 14.4 Å². The third-order valence-electron chi connectivity index (χ3n) is 4.32. The van der Waals surface area contributed by atoms with E-state index in [2.05, 4.69) is 10.1 Å². The summed E-state index contributed by atoms with van der Waals surface area (Å²) in [5, 5.41) is 15.4. The predicted molar refractivity (Wildman–Crippen MR) is 108 cm³/mol. The minimum Gasteiger partial charge on any atom is -0.450 e. The summed E-state index contributed by atoms with van der Waals surface area (Å²) < 4.78 is 37.2. The summed E-state index contributed by atoms with van der Waals surface area (Å²) in [4.78, 5) is 14.9. The van der Waals surface area contributed by atoms with Crippen LogP contribution in [-0.4, -0.2) is 40.9 Å². The minimum atomic E-state index is -3.84. The van der Waals surface area contributed by atoms with Gasteiger partial charge in [-0.25, -0.2) is 8.42 Å². The number of nitrogens with zero attached hydrogens (tertiary/aromatic N) is 4. The number of hydrogen-bond acceptors (Lipinski definition) is 8. The molecule has 0 saturated carbocycles. The molecule has 0 spiro atoms. The van der Waals surface area contributed by atoms with Crippen LogP contribution in [0.4, 0.5) is 5.69 Å². The first-order valence-corrected chi connectivity index (χ1v) is 10.6. The number of aromatic nitrogens is 2. The van der Waals surface area contributed by atoms with E-state index in [0.717, 1.165) is 6.07 Å². The smallest absolute Gasteiger partial charge is 0.312 e. The molecular weight excluding hydrogens is 412 g/mol. The molecule has 0 N–H and O–H groups in total. The average Bonchev–Trinajstić information content (AvgIpc) is 3.15. The molecule has 11 heteroatoms. The molecule has 0 bridgehead atoms. The van der Waals surface area contributed by atoms with E-state index in [1.165, 1.54) is 16.4 Å². The maximum absolute atomic E-state index is 12.7. The molecule has 3 rings (SSSR count). The molecule has 0 atom stereocenters. The van der Waals surface area contributed by atoms with Gasteiger partial charge in [0.2, 0.25) is 27.5 Å². The van der Waals surface area contributed by atoms with Gasteiger partial charge in [0.1, 0.15) is 5.75 Å². The van der Waals surface area contributed by atoms with Crippen LogP contribution in [0.5, 0.6) is 11.5 Å². The third kappa shape index (κ3) is 4.31. The number of sulfonamides is 1. The van der Waals surface area contributed by atoms with E-state index in [1.54, 1.807) is 45.0 Å². The fourth-order valence-electron chi connectivity index (χ4n) is 2.84. The van der Waals surface area contributed by atoms with Crippen LogP contribution in [0, 0.1) is 17.0 Å². The first-order chi connectivity index (χ1) is 14.3. The summed E-state index contributed by atoms with van der Waals surface area (Å²) in [6.07, 6.45) is 0. The molecule has 0 aliphatic heterocycles. The minimum absolute atomic E-state index is 0.0834. The van der Waals surface area contributed by atoms with Gasteiger partial charge in [0.05, 0.1) is 9.82 Å². The van der Waals surface area contributed by atoms with Gasteiger partial charge in [0.25, 0.3) is 0 Å². The second-order valence-electron chi connectivity index (χ2n) is 6.24. The van der Waals surface area contributed by atoms with Crippen LogP contribution in [0.15, 0.2) is 51.9 Å². The van der Waals surface area contributed by atoms with E-state index in [9.17, 15) is 18.5 Å². The molecule has 2 aromatic carbocycles. The van der Waals surface area contributed by atoms with E-state index >= 15 is 0 Å². The van der Waals surface area contributed by atoms with Crippen LogP contribution < -0.4 is 4.74 Å². The highest BCUT2D eigenvalue weighted by Gasteiger charge is 2.26. The van der Waals surface area contributed by atoms with E-state index in [1.807, 2.05) is 0 Å². The molecule has 3 aromatic rings. The molecule has 0 amide bonds. The molecule has 1 aromatic heterocycles. The van der Waals surface area contributed by atoms with E-state index < -0.39 is 20.6 Å². The third-order valence-corrected chi connectivity index (χ3v) is 6.36. The Bertz CT molecular complexity index is 1170. The zero-order valence-electron chi connectivity index (χ0n) is 16.6. The lowest BCUT2D eigenvalue weighted by atomic mass is 10.2. The lowest BCUT2D eigenvalue weighted by Gasteiger charge is -2.18. The van der Waals surface area contributed by atoms with Crippen molar-refractivity contribution in [2.24, 2.45) is 0 Å². The van der Waals surface area contributed by atoms with Crippen LogP contribution in [0.1, 0.15) is 19.7 Å². The van der Waals surface area contributed by atoms with E-state index in [0.29, 0.717) is 23.0 Å². The molecule has 0 aliphatic rings. The molecule has 0 fully saturated rings. The second kappa shape index (κ2) is 8.59. The Labute approximate surface area is 173 Å². The molecule has 158 valence electrons. The van der Waals surface area contributed by atoms with Gasteiger partial charge in [0.15, 0.2) is 0 Å². The number of aryl methyl sites for hydroxylation is 1.